The Morgan fingerprint density at radius 3 is 2.32 bits per heavy atom. The highest BCUT2D eigenvalue weighted by Gasteiger charge is 2.24. The number of likely N-dealkylation sites (tertiary alicyclic amines) is 1. The summed E-state index contributed by atoms with van der Waals surface area (Å²) in [6.07, 6.45) is 2.88. The number of urea groups is 1. The maximum atomic E-state index is 12.4. The lowest BCUT2D eigenvalue weighted by Gasteiger charge is -2.33. The molecular formula is C19H28ClN3O2. The Kier molecular flexibility index (Phi) is 7.56. The van der Waals surface area contributed by atoms with Gasteiger partial charge in [0.05, 0.1) is 0 Å². The molecule has 1 aromatic carbocycles. The summed E-state index contributed by atoms with van der Waals surface area (Å²) in [7, 11) is 0. The second-order valence-corrected chi connectivity index (χ2v) is 6.84. The van der Waals surface area contributed by atoms with E-state index in [9.17, 15) is 9.59 Å². The van der Waals surface area contributed by atoms with Gasteiger partial charge in [-0.15, -0.1) is 0 Å². The average molecular weight is 366 g/mol. The van der Waals surface area contributed by atoms with Crippen molar-refractivity contribution in [2.24, 2.45) is 0 Å². The van der Waals surface area contributed by atoms with Crippen LogP contribution in [0.1, 0.15) is 38.7 Å². The van der Waals surface area contributed by atoms with Crippen LogP contribution in [-0.4, -0.2) is 54.0 Å². The van der Waals surface area contributed by atoms with Crippen LogP contribution in [-0.2, 0) is 11.2 Å². The first kappa shape index (κ1) is 19.6. The number of nitrogens with one attached hydrogen (secondary N) is 1. The van der Waals surface area contributed by atoms with Crippen molar-refractivity contribution >= 4 is 23.5 Å². The summed E-state index contributed by atoms with van der Waals surface area (Å²) in [6.45, 7) is 6.80. The number of hydrogen-bond acceptors (Lipinski definition) is 2. The third-order valence-electron chi connectivity index (χ3n) is 4.77. The number of halogens is 1. The van der Waals surface area contributed by atoms with Crippen molar-refractivity contribution in [3.05, 3.63) is 34.9 Å². The predicted octanol–water partition coefficient (Wildman–Crippen LogP) is 3.32. The molecule has 1 aliphatic heterocycles. The molecule has 25 heavy (non-hydrogen) atoms. The van der Waals surface area contributed by atoms with Gasteiger partial charge in [-0.3, -0.25) is 4.79 Å². The van der Waals surface area contributed by atoms with Gasteiger partial charge in [-0.25, -0.2) is 4.79 Å². The smallest absolute Gasteiger partial charge is 0.317 e. The molecule has 0 bridgehead atoms. The summed E-state index contributed by atoms with van der Waals surface area (Å²) in [4.78, 5) is 28.2. The van der Waals surface area contributed by atoms with Gasteiger partial charge in [0, 0.05) is 43.7 Å². The van der Waals surface area contributed by atoms with Crippen LogP contribution in [0.3, 0.4) is 0 Å². The SMILES string of the molecule is CCN(CC)C(=O)NC1CCN(C(=O)CCc2ccc(Cl)cc2)CC1. The molecule has 0 unspecified atom stereocenters. The van der Waals surface area contributed by atoms with E-state index >= 15 is 0 Å². The van der Waals surface area contributed by atoms with Gasteiger partial charge in [0.2, 0.25) is 5.91 Å². The van der Waals surface area contributed by atoms with Crippen LogP contribution >= 0.6 is 11.6 Å². The monoisotopic (exact) mass is 365 g/mol. The summed E-state index contributed by atoms with van der Waals surface area (Å²) in [5.74, 6) is 0.184. The van der Waals surface area contributed by atoms with Crippen LogP contribution in [0.25, 0.3) is 0 Å². The molecular weight excluding hydrogens is 338 g/mol. The molecule has 5 nitrogen and oxygen atoms in total. The second kappa shape index (κ2) is 9.66. The molecule has 1 heterocycles. The van der Waals surface area contributed by atoms with E-state index in [-0.39, 0.29) is 18.0 Å². The molecule has 0 aliphatic carbocycles. The quantitative estimate of drug-likeness (QED) is 0.840. The number of rotatable bonds is 6. The Labute approximate surface area is 155 Å². The molecule has 1 aliphatic rings. The maximum absolute atomic E-state index is 12.4. The number of hydrogen-bond donors (Lipinski definition) is 1. The Balaban J connectivity index is 1.72. The Bertz CT molecular complexity index is 565. The average Bonchev–Trinajstić information content (AvgIpc) is 2.62. The molecule has 0 saturated carbocycles. The minimum Gasteiger partial charge on any atom is -0.343 e. The lowest BCUT2D eigenvalue weighted by molar-refractivity contribution is -0.132. The van der Waals surface area contributed by atoms with E-state index in [4.69, 9.17) is 11.6 Å². The summed E-state index contributed by atoms with van der Waals surface area (Å²) >= 11 is 5.88. The summed E-state index contributed by atoms with van der Waals surface area (Å²) in [5, 5.41) is 3.79. The van der Waals surface area contributed by atoms with Crippen LogP contribution < -0.4 is 5.32 Å². The fourth-order valence-electron chi connectivity index (χ4n) is 3.11. The maximum Gasteiger partial charge on any atom is 0.317 e. The van der Waals surface area contributed by atoms with Crippen LogP contribution in [0.4, 0.5) is 4.79 Å². The van der Waals surface area contributed by atoms with Crippen molar-refractivity contribution in [2.45, 2.75) is 45.6 Å². The number of carbonyl (C=O) groups is 2. The number of nitrogens with zero attached hydrogens (tertiary/aromatic N) is 2. The van der Waals surface area contributed by atoms with Crippen LogP contribution in [0.5, 0.6) is 0 Å². The van der Waals surface area contributed by atoms with Gasteiger partial charge in [-0.05, 0) is 50.8 Å². The first-order valence-electron chi connectivity index (χ1n) is 9.11. The van der Waals surface area contributed by atoms with Crippen LogP contribution in [0, 0.1) is 0 Å². The van der Waals surface area contributed by atoms with E-state index in [0.717, 1.165) is 24.8 Å². The zero-order valence-electron chi connectivity index (χ0n) is 15.1. The van der Waals surface area contributed by atoms with Crippen molar-refractivity contribution < 1.29 is 9.59 Å². The Hall–Kier alpha value is -1.75. The van der Waals surface area contributed by atoms with Crippen LogP contribution in [0.15, 0.2) is 24.3 Å². The van der Waals surface area contributed by atoms with Gasteiger partial charge in [0.1, 0.15) is 0 Å². The predicted molar refractivity (Wildman–Crippen MR) is 101 cm³/mol. The number of carbonyl (C=O) groups excluding carboxylic acids is 2. The van der Waals surface area contributed by atoms with Gasteiger partial charge >= 0.3 is 6.03 Å². The molecule has 1 fully saturated rings. The Morgan fingerprint density at radius 2 is 1.76 bits per heavy atom. The lowest BCUT2D eigenvalue weighted by Crippen LogP contribution is -2.50. The summed E-state index contributed by atoms with van der Waals surface area (Å²) in [6, 6.07) is 7.79. The molecule has 1 aromatic rings. The third-order valence-corrected chi connectivity index (χ3v) is 5.02. The van der Waals surface area contributed by atoms with E-state index in [1.54, 1.807) is 4.90 Å². The number of aryl methyl sites for hydroxylation is 1. The minimum absolute atomic E-state index is 0.00230. The van der Waals surface area contributed by atoms with Gasteiger partial charge in [-0.2, -0.15) is 0 Å². The summed E-state index contributed by atoms with van der Waals surface area (Å²) in [5.41, 5.74) is 1.12. The normalized spacial score (nSPS) is 15.1. The molecule has 0 aromatic heterocycles. The highest BCUT2D eigenvalue weighted by Crippen LogP contribution is 2.15. The lowest BCUT2D eigenvalue weighted by atomic mass is 10.0. The van der Waals surface area contributed by atoms with E-state index in [1.165, 1.54) is 0 Å². The molecule has 0 radical (unpaired) electrons. The number of amides is 3. The van der Waals surface area contributed by atoms with Gasteiger partial charge in [0.15, 0.2) is 0 Å². The van der Waals surface area contributed by atoms with E-state index in [0.29, 0.717) is 37.6 Å². The van der Waals surface area contributed by atoms with Crippen LogP contribution in [0.2, 0.25) is 5.02 Å². The molecule has 3 amide bonds. The zero-order chi connectivity index (χ0) is 18.2. The fourth-order valence-corrected chi connectivity index (χ4v) is 3.24. The van der Waals surface area contributed by atoms with Crippen molar-refractivity contribution in [1.82, 2.24) is 15.1 Å². The minimum atomic E-state index is -0.00230. The molecule has 0 spiro atoms. The molecule has 1 N–H and O–H groups in total. The van der Waals surface area contributed by atoms with Crippen molar-refractivity contribution in [3.63, 3.8) is 0 Å². The third kappa shape index (κ3) is 5.92. The summed E-state index contributed by atoms with van der Waals surface area (Å²) < 4.78 is 0. The van der Waals surface area contributed by atoms with Gasteiger partial charge in [-0.1, -0.05) is 23.7 Å². The van der Waals surface area contributed by atoms with E-state index in [2.05, 4.69) is 5.32 Å². The highest BCUT2D eigenvalue weighted by molar-refractivity contribution is 6.30. The van der Waals surface area contributed by atoms with Crippen molar-refractivity contribution in [3.8, 4) is 0 Å². The van der Waals surface area contributed by atoms with E-state index in [1.807, 2.05) is 43.0 Å². The van der Waals surface area contributed by atoms with E-state index < -0.39 is 0 Å². The molecule has 2 rings (SSSR count). The second-order valence-electron chi connectivity index (χ2n) is 6.40. The zero-order valence-corrected chi connectivity index (χ0v) is 15.9. The first-order valence-corrected chi connectivity index (χ1v) is 9.49. The van der Waals surface area contributed by atoms with Crippen molar-refractivity contribution in [2.75, 3.05) is 26.2 Å². The number of benzene rings is 1. The molecule has 138 valence electrons. The largest absolute Gasteiger partial charge is 0.343 e. The van der Waals surface area contributed by atoms with Gasteiger partial charge < -0.3 is 15.1 Å². The molecule has 6 heteroatoms. The Morgan fingerprint density at radius 1 is 1.16 bits per heavy atom. The highest BCUT2D eigenvalue weighted by atomic mass is 35.5. The standard InChI is InChI=1S/C19H28ClN3O2/c1-3-22(4-2)19(25)21-17-11-13-23(14-12-17)18(24)10-7-15-5-8-16(20)9-6-15/h5-6,8-9,17H,3-4,7,10-14H2,1-2H3,(H,21,25). The van der Waals surface area contributed by atoms with Crippen molar-refractivity contribution in [1.29, 1.82) is 0 Å². The molecule has 0 atom stereocenters. The topological polar surface area (TPSA) is 52.7 Å². The molecule has 1 saturated heterocycles. The van der Waals surface area contributed by atoms with Gasteiger partial charge in [0.25, 0.3) is 0 Å². The number of piperidine rings is 1. The fraction of sp³-hybridized carbons (Fsp3) is 0.579. The first-order chi connectivity index (χ1) is 12.0.